The van der Waals surface area contributed by atoms with Crippen molar-refractivity contribution in [3.8, 4) is 11.3 Å². The first-order chi connectivity index (χ1) is 11.2. The Bertz CT molecular complexity index is 698. The molecule has 2 aromatic rings. The molecule has 4 heteroatoms. The van der Waals surface area contributed by atoms with E-state index < -0.39 is 0 Å². The van der Waals surface area contributed by atoms with E-state index in [1.165, 1.54) is 19.3 Å². The van der Waals surface area contributed by atoms with Gasteiger partial charge in [-0.25, -0.2) is 0 Å². The van der Waals surface area contributed by atoms with Crippen molar-refractivity contribution in [3.63, 3.8) is 0 Å². The van der Waals surface area contributed by atoms with Crippen molar-refractivity contribution in [3.05, 3.63) is 47.7 Å². The Morgan fingerprint density at radius 2 is 1.96 bits per heavy atom. The molecule has 1 aromatic heterocycles. The van der Waals surface area contributed by atoms with Gasteiger partial charge in [-0.15, -0.1) is 0 Å². The van der Waals surface area contributed by atoms with Crippen LogP contribution < -0.4 is 0 Å². The molecule has 0 aliphatic heterocycles. The summed E-state index contributed by atoms with van der Waals surface area (Å²) in [5.74, 6) is 0.930. The highest BCUT2D eigenvalue weighted by Crippen LogP contribution is 2.25. The smallest absolute Gasteiger partial charge is 0.253 e. The summed E-state index contributed by atoms with van der Waals surface area (Å²) in [7, 11) is 1.89. The predicted molar refractivity (Wildman–Crippen MR) is 88.5 cm³/mol. The van der Waals surface area contributed by atoms with E-state index in [1.54, 1.807) is 12.1 Å². The van der Waals surface area contributed by atoms with E-state index >= 15 is 0 Å². The molecule has 1 heterocycles. The highest BCUT2D eigenvalue weighted by Gasteiger charge is 2.23. The zero-order valence-electron chi connectivity index (χ0n) is 13.3. The van der Waals surface area contributed by atoms with Crippen molar-refractivity contribution in [2.75, 3.05) is 7.05 Å². The first kappa shape index (κ1) is 15.5. The monoisotopic (exact) mass is 311 g/mol. The van der Waals surface area contributed by atoms with E-state index in [2.05, 4.69) is 0 Å². The van der Waals surface area contributed by atoms with Crippen LogP contribution >= 0.6 is 0 Å². The maximum Gasteiger partial charge on any atom is 0.253 e. The number of furan rings is 1. The number of hydrogen-bond donors (Lipinski definition) is 0. The van der Waals surface area contributed by atoms with Crippen LogP contribution in [0.1, 0.15) is 53.0 Å². The minimum Gasteiger partial charge on any atom is -0.453 e. The highest BCUT2D eigenvalue weighted by atomic mass is 16.3. The number of nitrogens with zero attached hydrogens (tertiary/aromatic N) is 1. The van der Waals surface area contributed by atoms with Gasteiger partial charge < -0.3 is 9.32 Å². The second-order valence-electron chi connectivity index (χ2n) is 6.11. The Morgan fingerprint density at radius 1 is 1.17 bits per heavy atom. The molecule has 23 heavy (non-hydrogen) atoms. The third-order valence-electron chi connectivity index (χ3n) is 4.58. The topological polar surface area (TPSA) is 50.5 Å². The molecular formula is C19H21NO3. The van der Waals surface area contributed by atoms with E-state index in [9.17, 15) is 9.59 Å². The minimum absolute atomic E-state index is 0.0425. The van der Waals surface area contributed by atoms with Crippen LogP contribution in [0.3, 0.4) is 0 Å². The molecule has 0 spiro atoms. The average Bonchev–Trinajstić information content (AvgIpc) is 3.10. The van der Waals surface area contributed by atoms with Gasteiger partial charge in [0, 0.05) is 24.2 Å². The second-order valence-corrected chi connectivity index (χ2v) is 6.11. The molecule has 1 aromatic carbocycles. The maximum absolute atomic E-state index is 12.7. The molecule has 1 amide bonds. The first-order valence-corrected chi connectivity index (χ1v) is 8.11. The molecule has 3 rings (SSSR count). The van der Waals surface area contributed by atoms with Gasteiger partial charge in [-0.05, 0) is 37.1 Å². The number of aldehydes is 1. The average molecular weight is 311 g/mol. The molecule has 1 aliphatic carbocycles. The van der Waals surface area contributed by atoms with E-state index in [1.807, 2.05) is 36.2 Å². The minimum atomic E-state index is 0.0425. The summed E-state index contributed by atoms with van der Waals surface area (Å²) in [6, 6.07) is 11.1. The van der Waals surface area contributed by atoms with E-state index in [0.29, 0.717) is 23.7 Å². The molecule has 120 valence electrons. The fourth-order valence-corrected chi connectivity index (χ4v) is 3.21. The van der Waals surface area contributed by atoms with Gasteiger partial charge in [-0.3, -0.25) is 9.59 Å². The summed E-state index contributed by atoms with van der Waals surface area (Å²) >= 11 is 0. The molecular weight excluding hydrogens is 290 g/mol. The summed E-state index contributed by atoms with van der Waals surface area (Å²) in [6.45, 7) is 0. The van der Waals surface area contributed by atoms with Crippen LogP contribution in [0.5, 0.6) is 0 Å². The van der Waals surface area contributed by atoms with Crippen LogP contribution in [-0.2, 0) is 0 Å². The number of amides is 1. The molecule has 0 N–H and O–H groups in total. The molecule has 0 atom stereocenters. The van der Waals surface area contributed by atoms with Crippen molar-refractivity contribution < 1.29 is 14.0 Å². The summed E-state index contributed by atoms with van der Waals surface area (Å²) < 4.78 is 5.44. The number of carbonyl (C=O) groups is 2. The Labute approximate surface area is 136 Å². The van der Waals surface area contributed by atoms with Gasteiger partial charge in [0.05, 0.1) is 0 Å². The van der Waals surface area contributed by atoms with Gasteiger partial charge >= 0.3 is 0 Å². The molecule has 1 aliphatic rings. The Balaban J connectivity index is 1.80. The predicted octanol–water partition coefficient (Wildman–Crippen LogP) is 4.16. The number of rotatable bonds is 4. The first-order valence-electron chi connectivity index (χ1n) is 8.11. The lowest BCUT2D eigenvalue weighted by Crippen LogP contribution is -2.38. The zero-order valence-corrected chi connectivity index (χ0v) is 13.3. The number of hydrogen-bond acceptors (Lipinski definition) is 3. The summed E-state index contributed by atoms with van der Waals surface area (Å²) in [6.07, 6.45) is 6.51. The Hall–Kier alpha value is -2.36. The Kier molecular flexibility index (Phi) is 4.60. The quantitative estimate of drug-likeness (QED) is 0.796. The van der Waals surface area contributed by atoms with Crippen LogP contribution in [-0.4, -0.2) is 30.2 Å². The van der Waals surface area contributed by atoms with E-state index in [0.717, 1.165) is 18.4 Å². The van der Waals surface area contributed by atoms with Crippen LogP contribution in [0.4, 0.5) is 0 Å². The van der Waals surface area contributed by atoms with E-state index in [-0.39, 0.29) is 11.7 Å². The third-order valence-corrected chi connectivity index (χ3v) is 4.58. The van der Waals surface area contributed by atoms with Crippen molar-refractivity contribution in [2.24, 2.45) is 0 Å². The second kappa shape index (κ2) is 6.82. The van der Waals surface area contributed by atoms with Crippen LogP contribution in [0.25, 0.3) is 11.3 Å². The molecule has 0 unspecified atom stereocenters. The van der Waals surface area contributed by atoms with Gasteiger partial charge in [0.25, 0.3) is 5.91 Å². The molecule has 4 nitrogen and oxygen atoms in total. The fraction of sp³-hybridized carbons (Fsp3) is 0.368. The lowest BCUT2D eigenvalue weighted by molar-refractivity contribution is 0.0696. The van der Waals surface area contributed by atoms with Crippen molar-refractivity contribution in [2.45, 2.75) is 38.1 Å². The van der Waals surface area contributed by atoms with E-state index in [4.69, 9.17) is 4.42 Å². The summed E-state index contributed by atoms with van der Waals surface area (Å²) in [4.78, 5) is 25.3. The van der Waals surface area contributed by atoms with Gasteiger partial charge in [-0.2, -0.15) is 0 Å². The zero-order chi connectivity index (χ0) is 16.2. The molecule has 0 saturated heterocycles. The lowest BCUT2D eigenvalue weighted by atomic mass is 9.94. The molecule has 0 radical (unpaired) electrons. The summed E-state index contributed by atoms with van der Waals surface area (Å²) in [5, 5.41) is 0. The van der Waals surface area contributed by atoms with Crippen LogP contribution in [0.2, 0.25) is 0 Å². The SMILES string of the molecule is CN(C(=O)c1cccc(-c2ccc(C=O)o2)c1)C1CCCCC1. The highest BCUT2D eigenvalue weighted by molar-refractivity contribution is 5.95. The fourth-order valence-electron chi connectivity index (χ4n) is 3.21. The van der Waals surface area contributed by atoms with Crippen LogP contribution in [0.15, 0.2) is 40.8 Å². The molecule has 1 fully saturated rings. The van der Waals surface area contributed by atoms with Gasteiger partial charge in [0.2, 0.25) is 0 Å². The van der Waals surface area contributed by atoms with Crippen molar-refractivity contribution in [1.29, 1.82) is 0 Å². The number of carbonyl (C=O) groups excluding carboxylic acids is 2. The van der Waals surface area contributed by atoms with Crippen molar-refractivity contribution >= 4 is 12.2 Å². The lowest BCUT2D eigenvalue weighted by Gasteiger charge is -2.31. The molecule has 0 bridgehead atoms. The molecule has 1 saturated carbocycles. The largest absolute Gasteiger partial charge is 0.453 e. The summed E-state index contributed by atoms with van der Waals surface area (Å²) in [5.41, 5.74) is 1.46. The van der Waals surface area contributed by atoms with Crippen molar-refractivity contribution in [1.82, 2.24) is 4.90 Å². The number of benzene rings is 1. The maximum atomic E-state index is 12.7. The Morgan fingerprint density at radius 3 is 2.65 bits per heavy atom. The standard InChI is InChI=1S/C19H21NO3/c1-20(16-8-3-2-4-9-16)19(22)15-7-5-6-14(12-15)18-11-10-17(13-21)23-18/h5-7,10-13,16H,2-4,8-9H2,1H3. The third kappa shape index (κ3) is 3.36. The van der Waals surface area contributed by atoms with Crippen LogP contribution in [0, 0.1) is 0 Å². The van der Waals surface area contributed by atoms with Gasteiger partial charge in [0.15, 0.2) is 12.0 Å². The normalized spacial score (nSPS) is 15.3. The van der Waals surface area contributed by atoms with Gasteiger partial charge in [0.1, 0.15) is 5.76 Å². The van der Waals surface area contributed by atoms with Gasteiger partial charge in [-0.1, -0.05) is 31.4 Å².